The molecule has 0 amide bonds. The molecule has 0 aromatic carbocycles. The van der Waals surface area contributed by atoms with Gasteiger partial charge in [0.2, 0.25) is 0 Å². The van der Waals surface area contributed by atoms with Crippen molar-refractivity contribution >= 4 is 40.3 Å². The number of carbonyl (C=O) groups excluding carboxylic acids is 1. The van der Waals surface area contributed by atoms with Crippen molar-refractivity contribution in [2.45, 2.75) is 12.5 Å². The van der Waals surface area contributed by atoms with Crippen LogP contribution in [-0.2, 0) is 4.74 Å². The maximum atomic E-state index is 12.0. The standard InChI is InChI=1S/C11H13Cl2NO2S/c1-16-7-2-3-14(5-7)6-9(15)8-4-10(12)17-11(8)13/h4,7H,2-3,5-6H2,1H3. The first-order chi connectivity index (χ1) is 8.10. The molecular formula is C11H13Cl2NO2S. The predicted molar refractivity (Wildman–Crippen MR) is 70.5 cm³/mol. The fraction of sp³-hybridized carbons (Fsp3) is 0.545. The molecule has 2 heterocycles. The van der Waals surface area contributed by atoms with Gasteiger partial charge >= 0.3 is 0 Å². The molecule has 1 aliphatic heterocycles. The lowest BCUT2D eigenvalue weighted by molar-refractivity contribution is 0.0899. The Labute approximate surface area is 114 Å². The third-order valence-corrected chi connectivity index (χ3v) is 4.37. The van der Waals surface area contributed by atoms with E-state index in [9.17, 15) is 4.79 Å². The number of hydrogen-bond donors (Lipinski definition) is 0. The second-order valence-electron chi connectivity index (χ2n) is 4.04. The van der Waals surface area contributed by atoms with Gasteiger partial charge in [0.05, 0.1) is 22.5 Å². The van der Waals surface area contributed by atoms with Crippen LogP contribution in [0.5, 0.6) is 0 Å². The van der Waals surface area contributed by atoms with E-state index in [1.54, 1.807) is 13.2 Å². The zero-order chi connectivity index (χ0) is 12.4. The van der Waals surface area contributed by atoms with E-state index in [4.69, 9.17) is 27.9 Å². The van der Waals surface area contributed by atoms with Crippen molar-refractivity contribution in [1.82, 2.24) is 4.90 Å². The van der Waals surface area contributed by atoms with Crippen LogP contribution in [0, 0.1) is 0 Å². The molecule has 0 bridgehead atoms. The number of hydrogen-bond acceptors (Lipinski definition) is 4. The van der Waals surface area contributed by atoms with Crippen LogP contribution in [0.2, 0.25) is 8.67 Å². The van der Waals surface area contributed by atoms with Gasteiger partial charge in [-0.25, -0.2) is 0 Å². The minimum atomic E-state index is 0.0231. The molecule has 1 aromatic heterocycles. The Bertz CT molecular complexity index is 422. The maximum absolute atomic E-state index is 12.0. The molecular weight excluding hydrogens is 281 g/mol. The lowest BCUT2D eigenvalue weighted by Crippen LogP contribution is -2.29. The molecule has 0 saturated carbocycles. The van der Waals surface area contributed by atoms with Crippen molar-refractivity contribution in [3.8, 4) is 0 Å². The number of likely N-dealkylation sites (tertiary alicyclic amines) is 1. The van der Waals surface area contributed by atoms with Crippen LogP contribution >= 0.6 is 34.5 Å². The fourth-order valence-electron chi connectivity index (χ4n) is 1.95. The SMILES string of the molecule is COC1CCN(CC(=O)c2cc(Cl)sc2Cl)C1. The van der Waals surface area contributed by atoms with Gasteiger partial charge in [0.1, 0.15) is 4.34 Å². The Balaban J connectivity index is 1.96. The molecule has 0 aliphatic carbocycles. The summed E-state index contributed by atoms with van der Waals surface area (Å²) < 4.78 is 6.28. The molecule has 6 heteroatoms. The molecule has 3 nitrogen and oxygen atoms in total. The van der Waals surface area contributed by atoms with E-state index in [1.807, 2.05) is 0 Å². The number of thiophene rings is 1. The monoisotopic (exact) mass is 293 g/mol. The third-order valence-electron chi connectivity index (χ3n) is 2.89. The summed E-state index contributed by atoms with van der Waals surface area (Å²) in [4.78, 5) is 14.1. The summed E-state index contributed by atoms with van der Waals surface area (Å²) in [6, 6.07) is 1.64. The Hall–Kier alpha value is -0.130. The highest BCUT2D eigenvalue weighted by Gasteiger charge is 2.25. The molecule has 0 spiro atoms. The molecule has 0 N–H and O–H groups in total. The van der Waals surface area contributed by atoms with Crippen LogP contribution < -0.4 is 0 Å². The average Bonchev–Trinajstić information content (AvgIpc) is 2.85. The third kappa shape index (κ3) is 3.20. The highest BCUT2D eigenvalue weighted by atomic mass is 35.5. The van der Waals surface area contributed by atoms with Gasteiger partial charge in [-0.05, 0) is 12.5 Å². The van der Waals surface area contributed by atoms with Crippen molar-refractivity contribution < 1.29 is 9.53 Å². The first-order valence-electron chi connectivity index (χ1n) is 5.33. The van der Waals surface area contributed by atoms with Crippen molar-refractivity contribution in [2.24, 2.45) is 0 Å². The van der Waals surface area contributed by atoms with Crippen LogP contribution in [-0.4, -0.2) is 43.5 Å². The second kappa shape index (κ2) is 5.67. The number of ketones is 1. The van der Waals surface area contributed by atoms with Gasteiger partial charge < -0.3 is 4.74 Å². The lowest BCUT2D eigenvalue weighted by atomic mass is 10.2. The zero-order valence-electron chi connectivity index (χ0n) is 9.41. The Morgan fingerprint density at radius 1 is 1.65 bits per heavy atom. The smallest absolute Gasteiger partial charge is 0.179 e. The van der Waals surface area contributed by atoms with Crippen LogP contribution in [0.1, 0.15) is 16.8 Å². The van der Waals surface area contributed by atoms with E-state index in [1.165, 1.54) is 11.3 Å². The van der Waals surface area contributed by atoms with E-state index in [2.05, 4.69) is 4.90 Å². The summed E-state index contributed by atoms with van der Waals surface area (Å²) in [5.41, 5.74) is 0.530. The van der Waals surface area contributed by atoms with Gasteiger partial charge in [-0.2, -0.15) is 0 Å². The van der Waals surface area contributed by atoms with Gasteiger partial charge in [0, 0.05) is 20.2 Å². The Morgan fingerprint density at radius 3 is 2.94 bits per heavy atom. The van der Waals surface area contributed by atoms with Crippen LogP contribution in [0.15, 0.2) is 6.07 Å². The minimum absolute atomic E-state index is 0.0231. The highest BCUT2D eigenvalue weighted by molar-refractivity contribution is 7.20. The summed E-state index contributed by atoms with van der Waals surface area (Å²) in [5.74, 6) is 0.0231. The Morgan fingerprint density at radius 2 is 2.41 bits per heavy atom. The van der Waals surface area contributed by atoms with Crippen LogP contribution in [0.4, 0.5) is 0 Å². The first kappa shape index (κ1) is 13.3. The lowest BCUT2D eigenvalue weighted by Gasteiger charge is -2.14. The average molecular weight is 294 g/mol. The normalized spacial score (nSPS) is 21.0. The highest BCUT2D eigenvalue weighted by Crippen LogP contribution is 2.31. The summed E-state index contributed by atoms with van der Waals surface area (Å²) >= 11 is 13.0. The summed E-state index contributed by atoms with van der Waals surface area (Å²) in [6.45, 7) is 2.07. The largest absolute Gasteiger partial charge is 0.380 e. The number of halogens is 2. The number of nitrogens with zero attached hydrogens (tertiary/aromatic N) is 1. The van der Waals surface area contributed by atoms with Crippen molar-refractivity contribution in [3.05, 3.63) is 20.3 Å². The van der Waals surface area contributed by atoms with Gasteiger partial charge in [-0.15, -0.1) is 11.3 Å². The van der Waals surface area contributed by atoms with E-state index in [-0.39, 0.29) is 11.9 Å². The second-order valence-corrected chi connectivity index (χ2v) is 6.33. The molecule has 1 unspecified atom stereocenters. The molecule has 17 heavy (non-hydrogen) atoms. The quantitative estimate of drug-likeness (QED) is 0.800. The summed E-state index contributed by atoms with van der Waals surface area (Å²) in [5, 5.41) is 0. The number of rotatable bonds is 4. The molecule has 1 aromatic rings. The topological polar surface area (TPSA) is 29.5 Å². The number of methoxy groups -OCH3 is 1. The van der Waals surface area contributed by atoms with Crippen molar-refractivity contribution in [1.29, 1.82) is 0 Å². The predicted octanol–water partition coefficient (Wildman–Crippen LogP) is 2.96. The van der Waals surface area contributed by atoms with Crippen LogP contribution in [0.3, 0.4) is 0 Å². The molecule has 1 atom stereocenters. The number of Topliss-reactive ketones (excluding diaryl/α,β-unsaturated/α-hetero) is 1. The van der Waals surface area contributed by atoms with Gasteiger partial charge in [0.15, 0.2) is 5.78 Å². The Kier molecular flexibility index (Phi) is 4.44. The fourth-order valence-corrected chi connectivity index (χ4v) is 3.45. The van der Waals surface area contributed by atoms with Crippen LogP contribution in [0.25, 0.3) is 0 Å². The number of ether oxygens (including phenoxy) is 1. The molecule has 2 rings (SSSR count). The van der Waals surface area contributed by atoms with Gasteiger partial charge in [-0.1, -0.05) is 23.2 Å². The zero-order valence-corrected chi connectivity index (χ0v) is 11.7. The summed E-state index contributed by atoms with van der Waals surface area (Å²) in [6.07, 6.45) is 1.21. The van der Waals surface area contributed by atoms with Gasteiger partial charge in [0.25, 0.3) is 0 Å². The molecule has 0 radical (unpaired) electrons. The van der Waals surface area contributed by atoms with E-state index in [0.717, 1.165) is 19.5 Å². The van der Waals surface area contributed by atoms with Crippen molar-refractivity contribution in [3.63, 3.8) is 0 Å². The molecule has 1 fully saturated rings. The van der Waals surface area contributed by atoms with E-state index < -0.39 is 0 Å². The summed E-state index contributed by atoms with van der Waals surface area (Å²) in [7, 11) is 1.70. The maximum Gasteiger partial charge on any atom is 0.179 e. The van der Waals surface area contributed by atoms with Crippen molar-refractivity contribution in [2.75, 3.05) is 26.7 Å². The molecule has 1 aliphatic rings. The number of carbonyl (C=O) groups is 1. The minimum Gasteiger partial charge on any atom is -0.380 e. The molecule has 94 valence electrons. The van der Waals surface area contributed by atoms with E-state index >= 15 is 0 Å². The van der Waals surface area contributed by atoms with E-state index in [0.29, 0.717) is 20.8 Å². The van der Waals surface area contributed by atoms with Gasteiger partial charge in [-0.3, -0.25) is 9.69 Å². The molecule has 1 saturated heterocycles. The first-order valence-corrected chi connectivity index (χ1v) is 6.90.